The molecule has 0 fully saturated rings. The predicted molar refractivity (Wildman–Crippen MR) is 111 cm³/mol. The van der Waals surface area contributed by atoms with Crippen LogP contribution in [0, 0.1) is 0 Å². The van der Waals surface area contributed by atoms with Crippen molar-refractivity contribution in [1.82, 2.24) is 9.38 Å². The fourth-order valence-electron chi connectivity index (χ4n) is 3.69. The van der Waals surface area contributed by atoms with Crippen LogP contribution in [0.15, 0.2) is 23.0 Å². The molecule has 0 spiro atoms. The van der Waals surface area contributed by atoms with Gasteiger partial charge in [0.25, 0.3) is 5.56 Å². The number of hydrogen-bond donors (Lipinski definition) is 0. The molecule has 0 radical (unpaired) electrons. The molecule has 0 bridgehead atoms. The highest BCUT2D eigenvalue weighted by atomic mass is 32.1. The predicted octanol–water partition coefficient (Wildman–Crippen LogP) is 3.02. The highest BCUT2D eigenvalue weighted by Gasteiger charge is 2.23. The summed E-state index contributed by atoms with van der Waals surface area (Å²) in [6.45, 7) is -0.120. The van der Waals surface area contributed by atoms with Gasteiger partial charge >= 0.3 is 5.97 Å². The molecule has 8 nitrogen and oxygen atoms in total. The van der Waals surface area contributed by atoms with Crippen molar-refractivity contribution in [1.29, 1.82) is 0 Å². The van der Waals surface area contributed by atoms with Gasteiger partial charge in [-0.25, -0.2) is 9.78 Å². The zero-order chi connectivity index (χ0) is 21.3. The first kappa shape index (κ1) is 20.2. The number of esters is 1. The zero-order valence-corrected chi connectivity index (χ0v) is 17.8. The minimum Gasteiger partial charge on any atom is -0.493 e. The Bertz CT molecular complexity index is 1170. The van der Waals surface area contributed by atoms with Crippen molar-refractivity contribution in [3.8, 4) is 17.2 Å². The minimum atomic E-state index is -0.611. The van der Waals surface area contributed by atoms with E-state index in [9.17, 15) is 9.59 Å². The fraction of sp³-hybridized carbons (Fsp3) is 0.381. The number of rotatable bonds is 6. The molecule has 2 heterocycles. The van der Waals surface area contributed by atoms with Crippen LogP contribution >= 0.6 is 11.3 Å². The van der Waals surface area contributed by atoms with Crippen LogP contribution in [0.1, 0.15) is 39.5 Å². The van der Waals surface area contributed by atoms with Crippen LogP contribution in [0.2, 0.25) is 0 Å². The number of aryl methyl sites for hydroxylation is 2. The van der Waals surface area contributed by atoms with Crippen LogP contribution in [0.25, 0.3) is 4.96 Å². The number of benzene rings is 1. The van der Waals surface area contributed by atoms with Gasteiger partial charge < -0.3 is 18.9 Å². The van der Waals surface area contributed by atoms with E-state index in [2.05, 4.69) is 4.98 Å². The Labute approximate surface area is 177 Å². The molecule has 0 saturated heterocycles. The molecule has 1 aliphatic carbocycles. The zero-order valence-electron chi connectivity index (χ0n) is 17.0. The molecule has 1 aromatic carbocycles. The SMILES string of the molecule is COc1ccc(C(=O)OCc2cc(=O)n3c4c(sc3n2)CCCC4)c(OC)c1OC. The quantitative estimate of drug-likeness (QED) is 0.556. The maximum absolute atomic E-state index is 12.7. The van der Waals surface area contributed by atoms with Crippen molar-refractivity contribution in [2.45, 2.75) is 32.3 Å². The largest absolute Gasteiger partial charge is 0.493 e. The maximum atomic E-state index is 12.7. The topological polar surface area (TPSA) is 88.4 Å². The molecule has 0 aliphatic heterocycles. The van der Waals surface area contributed by atoms with Gasteiger partial charge in [-0.05, 0) is 37.8 Å². The number of aromatic nitrogens is 2. The Kier molecular flexibility index (Phi) is 5.63. The Balaban J connectivity index is 1.59. The van der Waals surface area contributed by atoms with Crippen LogP contribution in [-0.2, 0) is 24.2 Å². The minimum absolute atomic E-state index is 0.120. The highest BCUT2D eigenvalue weighted by molar-refractivity contribution is 7.17. The number of carbonyl (C=O) groups is 1. The lowest BCUT2D eigenvalue weighted by atomic mass is 10.0. The Morgan fingerprint density at radius 3 is 2.60 bits per heavy atom. The lowest BCUT2D eigenvalue weighted by Crippen LogP contribution is -2.18. The van der Waals surface area contributed by atoms with E-state index in [0.29, 0.717) is 22.2 Å². The smallest absolute Gasteiger partial charge is 0.342 e. The van der Waals surface area contributed by atoms with Crippen LogP contribution in [0.3, 0.4) is 0 Å². The van der Waals surface area contributed by atoms with Gasteiger partial charge in [-0.15, -0.1) is 11.3 Å². The molecule has 158 valence electrons. The van der Waals surface area contributed by atoms with Crippen LogP contribution < -0.4 is 19.8 Å². The van der Waals surface area contributed by atoms with E-state index < -0.39 is 5.97 Å². The van der Waals surface area contributed by atoms with Crippen molar-refractivity contribution in [3.63, 3.8) is 0 Å². The second-order valence-electron chi connectivity index (χ2n) is 6.84. The van der Waals surface area contributed by atoms with E-state index >= 15 is 0 Å². The Hall–Kier alpha value is -3.07. The van der Waals surface area contributed by atoms with E-state index in [1.165, 1.54) is 43.6 Å². The molecule has 30 heavy (non-hydrogen) atoms. The van der Waals surface area contributed by atoms with Gasteiger partial charge in [0.2, 0.25) is 5.75 Å². The molecule has 0 atom stereocenters. The van der Waals surface area contributed by atoms with Gasteiger partial charge in [-0.1, -0.05) is 0 Å². The summed E-state index contributed by atoms with van der Waals surface area (Å²) in [5.41, 5.74) is 1.53. The van der Waals surface area contributed by atoms with Crippen molar-refractivity contribution in [3.05, 3.63) is 50.4 Å². The monoisotopic (exact) mass is 430 g/mol. The molecule has 9 heteroatoms. The lowest BCUT2D eigenvalue weighted by Gasteiger charge is -2.15. The van der Waals surface area contributed by atoms with E-state index in [-0.39, 0.29) is 23.5 Å². The molecule has 1 aliphatic rings. The first-order valence-corrected chi connectivity index (χ1v) is 10.4. The van der Waals surface area contributed by atoms with Gasteiger partial charge in [0.15, 0.2) is 16.5 Å². The second-order valence-corrected chi connectivity index (χ2v) is 7.90. The van der Waals surface area contributed by atoms with Crippen molar-refractivity contribution in [2.75, 3.05) is 21.3 Å². The van der Waals surface area contributed by atoms with Crippen molar-refractivity contribution < 1.29 is 23.7 Å². The average molecular weight is 430 g/mol. The van der Waals surface area contributed by atoms with E-state index in [4.69, 9.17) is 18.9 Å². The molecule has 3 aromatic rings. The summed E-state index contributed by atoms with van der Waals surface area (Å²) >= 11 is 1.53. The Morgan fingerprint density at radius 1 is 1.10 bits per heavy atom. The molecular weight excluding hydrogens is 408 g/mol. The molecule has 0 N–H and O–H groups in total. The van der Waals surface area contributed by atoms with Crippen molar-refractivity contribution >= 4 is 22.3 Å². The third-order valence-electron chi connectivity index (χ3n) is 5.09. The van der Waals surface area contributed by atoms with Crippen LogP contribution in [0.5, 0.6) is 17.2 Å². The first-order chi connectivity index (χ1) is 14.6. The number of ether oxygens (including phenoxy) is 4. The standard InChI is InChI=1S/C21H22N2O6S/c1-26-15-9-8-13(18(27-2)19(15)28-3)20(25)29-11-12-10-17(24)23-14-6-4-5-7-16(14)30-21(23)22-12/h8-10H,4-7,11H2,1-3H3. The summed E-state index contributed by atoms with van der Waals surface area (Å²) in [7, 11) is 4.39. The molecule has 4 rings (SSSR count). The van der Waals surface area contributed by atoms with Gasteiger partial charge in [0.1, 0.15) is 12.2 Å². The average Bonchev–Trinajstić information content (AvgIpc) is 3.15. The number of thiazole rings is 1. The van der Waals surface area contributed by atoms with Gasteiger partial charge in [0.05, 0.1) is 27.0 Å². The van der Waals surface area contributed by atoms with Gasteiger partial charge in [0, 0.05) is 16.6 Å². The lowest BCUT2D eigenvalue weighted by molar-refractivity contribution is 0.0463. The first-order valence-electron chi connectivity index (χ1n) is 9.56. The summed E-state index contributed by atoms with van der Waals surface area (Å²) in [6.07, 6.45) is 4.08. The number of hydrogen-bond acceptors (Lipinski definition) is 8. The highest BCUT2D eigenvalue weighted by Crippen LogP contribution is 2.40. The molecule has 0 amide bonds. The molecule has 2 aromatic heterocycles. The van der Waals surface area contributed by atoms with E-state index in [1.807, 2.05) is 0 Å². The summed E-state index contributed by atoms with van der Waals surface area (Å²) in [6, 6.07) is 4.57. The molecule has 0 unspecified atom stereocenters. The third-order valence-corrected chi connectivity index (χ3v) is 6.23. The van der Waals surface area contributed by atoms with E-state index in [1.54, 1.807) is 16.5 Å². The summed E-state index contributed by atoms with van der Waals surface area (Å²) in [4.78, 5) is 31.7. The molecule has 0 saturated carbocycles. The van der Waals surface area contributed by atoms with Gasteiger partial charge in [-0.2, -0.15) is 0 Å². The van der Waals surface area contributed by atoms with Crippen LogP contribution in [-0.4, -0.2) is 36.7 Å². The normalized spacial score (nSPS) is 13.0. The Morgan fingerprint density at radius 2 is 1.87 bits per heavy atom. The van der Waals surface area contributed by atoms with Gasteiger partial charge in [-0.3, -0.25) is 9.20 Å². The number of carbonyl (C=O) groups excluding carboxylic acids is 1. The number of methoxy groups -OCH3 is 3. The summed E-state index contributed by atoms with van der Waals surface area (Å²) in [5.74, 6) is 0.348. The van der Waals surface area contributed by atoms with Crippen LogP contribution in [0.4, 0.5) is 0 Å². The number of fused-ring (bicyclic) bond motifs is 3. The molecular formula is C21H22N2O6S. The third kappa shape index (κ3) is 3.49. The van der Waals surface area contributed by atoms with Crippen molar-refractivity contribution in [2.24, 2.45) is 0 Å². The maximum Gasteiger partial charge on any atom is 0.342 e. The number of nitrogens with zero attached hydrogens (tertiary/aromatic N) is 2. The van der Waals surface area contributed by atoms with E-state index in [0.717, 1.165) is 31.4 Å². The summed E-state index contributed by atoms with van der Waals surface area (Å²) in [5, 5.41) is 0. The fourth-order valence-corrected chi connectivity index (χ4v) is 4.93. The second kappa shape index (κ2) is 8.35. The summed E-state index contributed by atoms with van der Waals surface area (Å²) < 4.78 is 23.0.